The molecule has 7 heteroatoms. The van der Waals surface area contributed by atoms with E-state index < -0.39 is 10.5 Å². The number of nitrogens with one attached hydrogen (secondary N) is 1. The van der Waals surface area contributed by atoms with Crippen molar-refractivity contribution in [3.63, 3.8) is 0 Å². The topological polar surface area (TPSA) is 97.7 Å². The Hall–Kier alpha value is -3.48. The summed E-state index contributed by atoms with van der Waals surface area (Å²) in [6, 6.07) is 13.2. The highest BCUT2D eigenvalue weighted by molar-refractivity contribution is 6.01. The molecule has 1 aromatic heterocycles. The van der Waals surface area contributed by atoms with Gasteiger partial charge < -0.3 is 4.42 Å². The van der Waals surface area contributed by atoms with Gasteiger partial charge in [-0.1, -0.05) is 17.7 Å². The Morgan fingerprint density at radius 3 is 2.56 bits per heavy atom. The van der Waals surface area contributed by atoms with Crippen molar-refractivity contribution < 1.29 is 9.34 Å². The zero-order valence-corrected chi connectivity index (χ0v) is 13.6. The van der Waals surface area contributed by atoms with Crippen molar-refractivity contribution in [2.75, 3.05) is 5.43 Å². The number of nitrogens with zero attached hydrogens (tertiary/aromatic N) is 2. The van der Waals surface area contributed by atoms with Gasteiger partial charge >= 0.3 is 5.63 Å². The van der Waals surface area contributed by atoms with Gasteiger partial charge in [-0.3, -0.25) is 15.5 Å². The molecule has 0 unspecified atom stereocenters. The molecule has 0 radical (unpaired) electrons. The summed E-state index contributed by atoms with van der Waals surface area (Å²) in [6.07, 6.45) is 0. The maximum absolute atomic E-state index is 12.1. The van der Waals surface area contributed by atoms with Crippen LogP contribution < -0.4 is 11.1 Å². The second kappa shape index (κ2) is 6.56. The molecular weight excluding hydrogens is 322 g/mol. The minimum Gasteiger partial charge on any atom is -0.422 e. The van der Waals surface area contributed by atoms with Gasteiger partial charge in [-0.25, -0.2) is 4.79 Å². The first-order valence-electron chi connectivity index (χ1n) is 7.54. The Labute approximate surface area is 142 Å². The van der Waals surface area contributed by atoms with Gasteiger partial charge in [0.15, 0.2) is 0 Å². The van der Waals surface area contributed by atoms with Crippen molar-refractivity contribution in [3.8, 4) is 0 Å². The molecule has 1 heterocycles. The fourth-order valence-electron chi connectivity index (χ4n) is 2.31. The summed E-state index contributed by atoms with van der Waals surface area (Å²) in [5.41, 5.74) is 5.12. The number of benzene rings is 2. The normalized spacial score (nSPS) is 11.5. The van der Waals surface area contributed by atoms with Crippen LogP contribution in [0.4, 0.5) is 11.4 Å². The lowest BCUT2D eigenvalue weighted by Gasteiger charge is -2.04. The molecule has 0 saturated carbocycles. The fourth-order valence-corrected chi connectivity index (χ4v) is 2.31. The van der Waals surface area contributed by atoms with Crippen LogP contribution >= 0.6 is 0 Å². The molecule has 7 nitrogen and oxygen atoms in total. The summed E-state index contributed by atoms with van der Waals surface area (Å²) in [6.45, 7) is 3.65. The van der Waals surface area contributed by atoms with Crippen LogP contribution in [0.5, 0.6) is 0 Å². The molecule has 0 spiro atoms. The van der Waals surface area contributed by atoms with E-state index >= 15 is 0 Å². The van der Waals surface area contributed by atoms with Crippen LogP contribution in [0.15, 0.2) is 62.8 Å². The molecule has 0 aliphatic heterocycles. The molecular formula is C18H15N3O4. The van der Waals surface area contributed by atoms with Crippen molar-refractivity contribution in [1.29, 1.82) is 0 Å². The predicted molar refractivity (Wildman–Crippen MR) is 96.2 cm³/mol. The van der Waals surface area contributed by atoms with Crippen molar-refractivity contribution in [3.05, 3.63) is 80.2 Å². The molecule has 0 aliphatic rings. The van der Waals surface area contributed by atoms with Crippen molar-refractivity contribution >= 4 is 28.1 Å². The maximum Gasteiger partial charge on any atom is 0.345 e. The molecule has 3 aromatic rings. The number of aryl methyl sites for hydroxylation is 1. The van der Waals surface area contributed by atoms with Gasteiger partial charge in [-0.05, 0) is 38.1 Å². The van der Waals surface area contributed by atoms with E-state index in [2.05, 4.69) is 10.5 Å². The third-order valence-electron chi connectivity index (χ3n) is 3.72. The molecule has 0 atom stereocenters. The Balaban J connectivity index is 1.96. The van der Waals surface area contributed by atoms with Gasteiger partial charge in [0.1, 0.15) is 5.58 Å². The molecule has 0 fully saturated rings. The minimum absolute atomic E-state index is 0.0697. The number of nitro benzene ring substituents is 1. The minimum atomic E-state index is -0.548. The zero-order chi connectivity index (χ0) is 18.0. The summed E-state index contributed by atoms with van der Waals surface area (Å²) >= 11 is 0. The first-order chi connectivity index (χ1) is 11.9. The smallest absolute Gasteiger partial charge is 0.345 e. The number of fused-ring (bicyclic) bond motifs is 1. The van der Waals surface area contributed by atoms with Crippen LogP contribution in [-0.4, -0.2) is 10.6 Å². The SMILES string of the molecule is C/C(=N\Nc1ccc(C)cc1)c1cc2cc([N+](=O)[O-])ccc2oc1=O. The van der Waals surface area contributed by atoms with E-state index in [9.17, 15) is 14.9 Å². The van der Waals surface area contributed by atoms with E-state index in [0.29, 0.717) is 16.7 Å². The second-order valence-corrected chi connectivity index (χ2v) is 5.60. The van der Waals surface area contributed by atoms with Gasteiger partial charge in [0, 0.05) is 17.5 Å². The quantitative estimate of drug-likeness (QED) is 0.337. The molecule has 1 N–H and O–H groups in total. The molecule has 2 aromatic carbocycles. The monoisotopic (exact) mass is 337 g/mol. The first kappa shape index (κ1) is 16.4. The van der Waals surface area contributed by atoms with Crippen LogP contribution in [0.25, 0.3) is 11.0 Å². The van der Waals surface area contributed by atoms with Crippen LogP contribution in [0.2, 0.25) is 0 Å². The maximum atomic E-state index is 12.1. The van der Waals surface area contributed by atoms with Gasteiger partial charge in [-0.15, -0.1) is 0 Å². The van der Waals surface area contributed by atoms with Gasteiger partial charge in [-0.2, -0.15) is 5.10 Å². The Morgan fingerprint density at radius 1 is 1.16 bits per heavy atom. The van der Waals surface area contributed by atoms with Crippen molar-refractivity contribution in [2.45, 2.75) is 13.8 Å². The Kier molecular flexibility index (Phi) is 4.30. The Morgan fingerprint density at radius 2 is 1.88 bits per heavy atom. The molecule has 3 rings (SSSR count). The highest BCUT2D eigenvalue weighted by Gasteiger charge is 2.12. The number of anilines is 1. The van der Waals surface area contributed by atoms with E-state index in [0.717, 1.165) is 11.3 Å². The number of hydrogen-bond donors (Lipinski definition) is 1. The summed E-state index contributed by atoms with van der Waals surface area (Å²) < 4.78 is 5.23. The van der Waals surface area contributed by atoms with E-state index in [-0.39, 0.29) is 11.3 Å². The van der Waals surface area contributed by atoms with Crippen molar-refractivity contribution in [2.24, 2.45) is 5.10 Å². The predicted octanol–water partition coefficient (Wildman–Crippen LogP) is 3.85. The highest BCUT2D eigenvalue weighted by Crippen LogP contribution is 2.20. The fraction of sp³-hybridized carbons (Fsp3) is 0.111. The van der Waals surface area contributed by atoms with E-state index in [1.807, 2.05) is 31.2 Å². The van der Waals surface area contributed by atoms with Gasteiger partial charge in [0.25, 0.3) is 5.69 Å². The van der Waals surface area contributed by atoms with E-state index in [1.54, 1.807) is 13.0 Å². The lowest BCUT2D eigenvalue weighted by molar-refractivity contribution is -0.384. The van der Waals surface area contributed by atoms with Crippen LogP contribution in [0, 0.1) is 17.0 Å². The first-order valence-corrected chi connectivity index (χ1v) is 7.54. The number of non-ortho nitro benzene ring substituents is 1. The molecule has 0 amide bonds. The highest BCUT2D eigenvalue weighted by atomic mass is 16.6. The summed E-state index contributed by atoms with van der Waals surface area (Å²) in [4.78, 5) is 22.5. The number of hydrogen-bond acceptors (Lipinski definition) is 6. The molecule has 0 bridgehead atoms. The van der Waals surface area contributed by atoms with E-state index in [1.165, 1.54) is 18.2 Å². The van der Waals surface area contributed by atoms with Crippen LogP contribution in [0.1, 0.15) is 18.1 Å². The average Bonchev–Trinajstić information content (AvgIpc) is 2.60. The Bertz CT molecular complexity index is 1040. The number of hydrazone groups is 1. The van der Waals surface area contributed by atoms with Crippen LogP contribution in [0.3, 0.4) is 0 Å². The standard InChI is InChI=1S/C18H15N3O4/c1-11-3-5-14(6-4-11)20-19-12(2)16-10-13-9-15(21(23)24)7-8-17(13)25-18(16)22/h3-10,20H,1-2H3/b19-12+. The lowest BCUT2D eigenvalue weighted by Crippen LogP contribution is -2.13. The van der Waals surface area contributed by atoms with Gasteiger partial charge in [0.05, 0.1) is 21.9 Å². The third kappa shape index (κ3) is 3.55. The molecule has 25 heavy (non-hydrogen) atoms. The summed E-state index contributed by atoms with van der Waals surface area (Å²) in [5.74, 6) is 0. The zero-order valence-electron chi connectivity index (χ0n) is 13.6. The van der Waals surface area contributed by atoms with Crippen LogP contribution in [-0.2, 0) is 0 Å². The number of nitro groups is 1. The van der Waals surface area contributed by atoms with E-state index in [4.69, 9.17) is 4.42 Å². The average molecular weight is 337 g/mol. The second-order valence-electron chi connectivity index (χ2n) is 5.60. The number of rotatable bonds is 4. The largest absolute Gasteiger partial charge is 0.422 e. The third-order valence-corrected chi connectivity index (χ3v) is 3.72. The van der Waals surface area contributed by atoms with Crippen molar-refractivity contribution in [1.82, 2.24) is 0 Å². The molecule has 126 valence electrons. The van der Waals surface area contributed by atoms with Gasteiger partial charge in [0.2, 0.25) is 0 Å². The summed E-state index contributed by atoms with van der Waals surface area (Å²) in [7, 11) is 0. The summed E-state index contributed by atoms with van der Waals surface area (Å²) in [5, 5.41) is 15.6. The lowest BCUT2D eigenvalue weighted by atomic mass is 10.1. The molecule has 0 aliphatic carbocycles. The molecule has 0 saturated heterocycles.